The van der Waals surface area contributed by atoms with Crippen LogP contribution in [0, 0.1) is 17.2 Å². The van der Waals surface area contributed by atoms with E-state index in [1.165, 1.54) is 4.31 Å². The Balaban J connectivity index is 2.10. The number of nitrogens with zero attached hydrogens (tertiary/aromatic N) is 3. The van der Waals surface area contributed by atoms with Gasteiger partial charge in [-0.25, -0.2) is 8.42 Å². The molecule has 0 aromatic heterocycles. The number of rotatable bonds is 7. The number of hydrogen-bond acceptors (Lipinski definition) is 6. The molecule has 0 radical (unpaired) electrons. The highest BCUT2D eigenvalue weighted by Crippen LogP contribution is 2.36. The van der Waals surface area contributed by atoms with Crippen molar-refractivity contribution in [3.8, 4) is 22.9 Å². The minimum Gasteiger partial charge on any atom is -0.487 e. The summed E-state index contributed by atoms with van der Waals surface area (Å²) >= 11 is 0. The van der Waals surface area contributed by atoms with Crippen molar-refractivity contribution in [2.24, 2.45) is 5.92 Å². The van der Waals surface area contributed by atoms with Crippen LogP contribution < -0.4 is 4.74 Å². The van der Waals surface area contributed by atoms with Gasteiger partial charge in [0.15, 0.2) is 0 Å². The van der Waals surface area contributed by atoms with Crippen molar-refractivity contribution in [3.63, 3.8) is 0 Å². The largest absolute Gasteiger partial charge is 0.487 e. The van der Waals surface area contributed by atoms with Gasteiger partial charge in [0.05, 0.1) is 18.2 Å². The number of hydrogen-bond donors (Lipinski definition) is 1. The summed E-state index contributed by atoms with van der Waals surface area (Å²) in [6.07, 6.45) is 0.791. The fourth-order valence-electron chi connectivity index (χ4n) is 4.14. The van der Waals surface area contributed by atoms with Crippen molar-refractivity contribution in [1.29, 1.82) is 5.26 Å². The summed E-state index contributed by atoms with van der Waals surface area (Å²) < 4.78 is 35.0. The molecule has 2 aromatic rings. The zero-order valence-corrected chi connectivity index (χ0v) is 20.5. The first-order valence-electron chi connectivity index (χ1n) is 11.3. The van der Waals surface area contributed by atoms with E-state index in [4.69, 9.17) is 10.00 Å². The van der Waals surface area contributed by atoms with Crippen molar-refractivity contribution in [1.82, 2.24) is 9.21 Å². The number of nitriles is 1. The molecule has 3 rings (SSSR count). The van der Waals surface area contributed by atoms with Crippen molar-refractivity contribution in [3.05, 3.63) is 48.0 Å². The third kappa shape index (κ3) is 5.56. The third-order valence-electron chi connectivity index (χ3n) is 6.11. The lowest BCUT2D eigenvalue weighted by atomic mass is 10.0. The molecule has 0 amide bonds. The van der Waals surface area contributed by atoms with E-state index in [0.717, 1.165) is 24.1 Å². The van der Waals surface area contributed by atoms with Crippen LogP contribution in [0.2, 0.25) is 0 Å². The van der Waals surface area contributed by atoms with Gasteiger partial charge in [-0.05, 0) is 62.3 Å². The van der Waals surface area contributed by atoms with E-state index in [9.17, 15) is 13.5 Å². The Bertz CT molecular complexity index is 1100. The van der Waals surface area contributed by atoms with Crippen molar-refractivity contribution in [2.45, 2.75) is 44.2 Å². The standard InChI is InChI=1S/C25H33N3O4S/c1-5-12-27(4)16-24-18(2)15-28(19(3)17-29)33(30,31)25-11-10-22(13-23(25)32-24)21-8-6-20(14-26)7-9-21/h6-11,13,18-19,24,29H,5,12,15-17H2,1-4H3/t18-,19+,24-/m0/s1. The molecule has 8 heteroatoms. The van der Waals surface area contributed by atoms with Crippen LogP contribution in [-0.4, -0.2) is 68.2 Å². The molecule has 2 aromatic carbocycles. The minimum absolute atomic E-state index is 0.0835. The predicted octanol–water partition coefficient (Wildman–Crippen LogP) is 3.34. The number of likely N-dealkylation sites (N-methyl/N-ethyl adjacent to an activating group) is 1. The molecule has 178 valence electrons. The Labute approximate surface area is 197 Å². The first-order chi connectivity index (χ1) is 15.7. The number of sulfonamides is 1. The maximum Gasteiger partial charge on any atom is 0.247 e. The SMILES string of the molecule is CCCN(C)C[C@@H]1Oc2cc(-c3ccc(C#N)cc3)ccc2S(=O)(=O)N([C@H](C)CO)C[C@@H]1C. The number of aliphatic hydroxyl groups excluding tert-OH is 1. The van der Waals surface area contributed by atoms with E-state index >= 15 is 0 Å². The molecule has 0 fully saturated rings. The lowest BCUT2D eigenvalue weighted by Gasteiger charge is -2.37. The Kier molecular flexibility index (Phi) is 8.14. The van der Waals surface area contributed by atoms with Gasteiger partial charge < -0.3 is 14.7 Å². The summed E-state index contributed by atoms with van der Waals surface area (Å²) in [7, 11) is -1.83. The van der Waals surface area contributed by atoms with Crippen LogP contribution in [0.25, 0.3) is 11.1 Å². The van der Waals surface area contributed by atoms with Crippen LogP contribution in [-0.2, 0) is 10.0 Å². The van der Waals surface area contributed by atoms with Gasteiger partial charge in [-0.15, -0.1) is 0 Å². The van der Waals surface area contributed by atoms with Gasteiger partial charge in [0.1, 0.15) is 16.7 Å². The molecule has 1 heterocycles. The summed E-state index contributed by atoms with van der Waals surface area (Å²) in [5.41, 5.74) is 2.24. The summed E-state index contributed by atoms with van der Waals surface area (Å²) in [6.45, 7) is 7.42. The van der Waals surface area contributed by atoms with Crippen LogP contribution in [0.15, 0.2) is 47.4 Å². The second-order valence-corrected chi connectivity index (χ2v) is 10.7. The first kappa shape index (κ1) is 25.2. The van der Waals surface area contributed by atoms with Gasteiger partial charge in [0, 0.05) is 25.0 Å². The molecule has 0 unspecified atom stereocenters. The smallest absolute Gasteiger partial charge is 0.247 e. The molecule has 1 aliphatic rings. The maximum absolute atomic E-state index is 13.6. The fourth-order valence-corrected chi connectivity index (χ4v) is 5.97. The van der Waals surface area contributed by atoms with E-state index in [1.807, 2.05) is 26.1 Å². The molecule has 1 aliphatic heterocycles. The Morgan fingerprint density at radius 2 is 1.91 bits per heavy atom. The number of ether oxygens (including phenoxy) is 1. The van der Waals surface area contributed by atoms with Gasteiger partial charge in [-0.3, -0.25) is 0 Å². The molecule has 0 saturated carbocycles. The normalized spacial score (nSPS) is 21.4. The highest BCUT2D eigenvalue weighted by Gasteiger charge is 2.38. The molecule has 7 nitrogen and oxygen atoms in total. The highest BCUT2D eigenvalue weighted by atomic mass is 32.2. The molecular formula is C25H33N3O4S. The van der Waals surface area contributed by atoms with Crippen LogP contribution >= 0.6 is 0 Å². The van der Waals surface area contributed by atoms with Gasteiger partial charge >= 0.3 is 0 Å². The summed E-state index contributed by atoms with van der Waals surface area (Å²) in [5, 5.41) is 18.8. The molecule has 0 aliphatic carbocycles. The Hall–Kier alpha value is -2.44. The van der Waals surface area contributed by atoms with Gasteiger partial charge in [0.2, 0.25) is 10.0 Å². The number of benzene rings is 2. The second kappa shape index (κ2) is 10.7. The summed E-state index contributed by atoms with van der Waals surface area (Å²) in [6, 6.07) is 13.8. The molecule has 0 saturated heterocycles. The van der Waals surface area contributed by atoms with Crippen molar-refractivity contribution < 1.29 is 18.3 Å². The van der Waals surface area contributed by atoms with E-state index in [0.29, 0.717) is 17.9 Å². The van der Waals surface area contributed by atoms with E-state index < -0.39 is 16.1 Å². The average molecular weight is 472 g/mol. The van der Waals surface area contributed by atoms with E-state index in [1.54, 1.807) is 37.3 Å². The van der Waals surface area contributed by atoms with Crippen LogP contribution in [0.1, 0.15) is 32.8 Å². The molecular weight excluding hydrogens is 438 g/mol. The molecule has 0 bridgehead atoms. The van der Waals surface area contributed by atoms with Crippen LogP contribution in [0.4, 0.5) is 0 Å². The quantitative estimate of drug-likeness (QED) is 0.666. The topological polar surface area (TPSA) is 93.9 Å². The first-order valence-corrected chi connectivity index (χ1v) is 12.8. The Morgan fingerprint density at radius 3 is 2.52 bits per heavy atom. The number of fused-ring (bicyclic) bond motifs is 1. The summed E-state index contributed by atoms with van der Waals surface area (Å²) in [5.74, 6) is 0.230. The van der Waals surface area contributed by atoms with Gasteiger partial charge in [-0.1, -0.05) is 32.0 Å². The van der Waals surface area contributed by atoms with Crippen molar-refractivity contribution in [2.75, 3.05) is 33.3 Å². The lowest BCUT2D eigenvalue weighted by Crippen LogP contribution is -2.49. The second-order valence-electron chi connectivity index (χ2n) is 8.85. The molecule has 0 spiro atoms. The van der Waals surface area contributed by atoms with Gasteiger partial charge in [0.25, 0.3) is 0 Å². The lowest BCUT2D eigenvalue weighted by molar-refractivity contribution is 0.0753. The van der Waals surface area contributed by atoms with E-state index in [2.05, 4.69) is 17.9 Å². The molecule has 33 heavy (non-hydrogen) atoms. The van der Waals surface area contributed by atoms with Crippen LogP contribution in [0.3, 0.4) is 0 Å². The van der Waals surface area contributed by atoms with Gasteiger partial charge in [-0.2, -0.15) is 9.57 Å². The van der Waals surface area contributed by atoms with E-state index in [-0.39, 0.29) is 30.1 Å². The zero-order chi connectivity index (χ0) is 24.2. The number of aliphatic hydroxyl groups is 1. The Morgan fingerprint density at radius 1 is 1.24 bits per heavy atom. The summed E-state index contributed by atoms with van der Waals surface area (Å²) in [4.78, 5) is 2.30. The highest BCUT2D eigenvalue weighted by molar-refractivity contribution is 7.89. The molecule has 1 N–H and O–H groups in total. The van der Waals surface area contributed by atoms with Crippen molar-refractivity contribution >= 4 is 10.0 Å². The van der Waals surface area contributed by atoms with Crippen LogP contribution in [0.5, 0.6) is 5.75 Å². The maximum atomic E-state index is 13.6. The monoisotopic (exact) mass is 471 g/mol. The third-order valence-corrected chi connectivity index (χ3v) is 8.13. The zero-order valence-electron chi connectivity index (χ0n) is 19.7. The predicted molar refractivity (Wildman–Crippen MR) is 128 cm³/mol. The minimum atomic E-state index is -3.87. The molecule has 3 atom stereocenters. The average Bonchev–Trinajstić information content (AvgIpc) is 2.80. The fraction of sp³-hybridized carbons (Fsp3) is 0.480.